The van der Waals surface area contributed by atoms with E-state index in [1.807, 2.05) is 64.1 Å². The van der Waals surface area contributed by atoms with Crippen LogP contribution in [-0.2, 0) is 6.18 Å². The van der Waals surface area contributed by atoms with E-state index in [4.69, 9.17) is 33.7 Å². The highest BCUT2D eigenvalue weighted by molar-refractivity contribution is 6.35. The molecular formula is C55H40ClF3O12. The van der Waals surface area contributed by atoms with E-state index in [9.17, 15) is 46.7 Å². The summed E-state index contributed by atoms with van der Waals surface area (Å²) in [7, 11) is 0. The molecule has 0 aliphatic carbocycles. The van der Waals surface area contributed by atoms with E-state index in [1.165, 1.54) is 18.2 Å². The van der Waals surface area contributed by atoms with Crippen LogP contribution < -0.4 is 28.1 Å². The predicted octanol–water partition coefficient (Wildman–Crippen LogP) is 12.4. The molecule has 12 nitrogen and oxygen atoms in total. The number of carbonyl (C=O) groups excluding carboxylic acids is 2. The van der Waals surface area contributed by atoms with Gasteiger partial charge in [0.2, 0.25) is 0 Å². The Kier molecular flexibility index (Phi) is 15.0. The monoisotopic (exact) mass is 984 g/mol. The Morgan fingerprint density at radius 1 is 0.521 bits per heavy atom. The number of Topliss-reactive ketones (excluding diaryl/α,β-unsaturated/α-hetero) is 1. The highest BCUT2D eigenvalue weighted by atomic mass is 35.5. The third kappa shape index (κ3) is 11.7. The van der Waals surface area contributed by atoms with Gasteiger partial charge in [0.05, 0.1) is 16.0 Å². The molecule has 5 aromatic heterocycles. The third-order valence-corrected chi connectivity index (χ3v) is 11.0. The van der Waals surface area contributed by atoms with E-state index in [2.05, 4.69) is 0 Å². The van der Waals surface area contributed by atoms with Crippen LogP contribution in [0.5, 0.6) is 0 Å². The van der Waals surface area contributed by atoms with E-state index < -0.39 is 39.9 Å². The van der Waals surface area contributed by atoms with Gasteiger partial charge in [-0.2, -0.15) is 13.2 Å². The van der Waals surface area contributed by atoms with Gasteiger partial charge < -0.3 is 22.1 Å². The van der Waals surface area contributed by atoms with E-state index in [-0.39, 0.29) is 49.7 Å². The molecule has 0 atom stereocenters. The van der Waals surface area contributed by atoms with E-state index >= 15 is 0 Å². The molecule has 360 valence electrons. The van der Waals surface area contributed by atoms with Gasteiger partial charge >= 0.3 is 34.3 Å². The van der Waals surface area contributed by atoms with Crippen LogP contribution in [0.15, 0.2) is 173 Å². The molecule has 0 N–H and O–H groups in total. The number of fused-ring (bicyclic) bond motifs is 6. The second kappa shape index (κ2) is 21.1. The molecule has 0 spiro atoms. The van der Waals surface area contributed by atoms with Gasteiger partial charge in [0.15, 0.2) is 17.1 Å². The highest BCUT2D eigenvalue weighted by Crippen LogP contribution is 2.34. The molecule has 0 aliphatic rings. The Bertz CT molecular complexity index is 3990. The van der Waals surface area contributed by atoms with Gasteiger partial charge in [-0.15, -0.1) is 0 Å². The molecule has 10 aromatic rings. The van der Waals surface area contributed by atoms with Crippen LogP contribution in [0.3, 0.4) is 0 Å². The Labute approximate surface area is 404 Å². The van der Waals surface area contributed by atoms with Crippen LogP contribution in [0.4, 0.5) is 13.2 Å². The number of alkyl halides is 3. The lowest BCUT2D eigenvalue weighted by Gasteiger charge is -2.08. The van der Waals surface area contributed by atoms with Crippen molar-refractivity contribution >= 4 is 78.0 Å². The summed E-state index contributed by atoms with van der Waals surface area (Å²) in [5, 5.41) is 2.11. The third-order valence-electron chi connectivity index (χ3n) is 10.7. The molecule has 0 radical (unpaired) electrons. The molecule has 0 saturated heterocycles. The van der Waals surface area contributed by atoms with Crippen molar-refractivity contribution in [3.8, 4) is 0 Å². The van der Waals surface area contributed by atoms with Crippen molar-refractivity contribution in [2.24, 2.45) is 0 Å². The maximum absolute atomic E-state index is 12.6. The summed E-state index contributed by atoms with van der Waals surface area (Å²) in [6.07, 6.45) is -3.45. The van der Waals surface area contributed by atoms with Crippen LogP contribution in [-0.4, -0.2) is 11.6 Å². The molecule has 0 bridgehead atoms. The lowest BCUT2D eigenvalue weighted by atomic mass is 10.0. The summed E-state index contributed by atoms with van der Waals surface area (Å²) in [6.45, 7) is 9.33. The van der Waals surface area contributed by atoms with Crippen LogP contribution in [0.25, 0.3) is 54.8 Å². The molecule has 5 aromatic carbocycles. The van der Waals surface area contributed by atoms with Crippen molar-refractivity contribution in [1.82, 2.24) is 0 Å². The molecule has 0 saturated carbocycles. The van der Waals surface area contributed by atoms with Gasteiger partial charge in [-0.05, 0) is 98.8 Å². The van der Waals surface area contributed by atoms with Gasteiger partial charge in [0.1, 0.15) is 38.8 Å². The zero-order chi connectivity index (χ0) is 51.3. The number of rotatable bonds is 5. The Morgan fingerprint density at radius 2 is 1.00 bits per heavy atom. The molecule has 0 unspecified atom stereocenters. The minimum absolute atomic E-state index is 0.0393. The predicted molar refractivity (Wildman–Crippen MR) is 264 cm³/mol. The lowest BCUT2D eigenvalue weighted by Crippen LogP contribution is -2.14. The van der Waals surface area contributed by atoms with Crippen molar-refractivity contribution in [3.63, 3.8) is 0 Å². The van der Waals surface area contributed by atoms with Crippen molar-refractivity contribution in [2.75, 3.05) is 0 Å². The Balaban J connectivity index is 0.000000140. The van der Waals surface area contributed by atoms with Crippen LogP contribution in [0.2, 0.25) is 5.02 Å². The van der Waals surface area contributed by atoms with Crippen LogP contribution in [0.1, 0.15) is 73.9 Å². The first-order valence-corrected chi connectivity index (χ1v) is 22.1. The number of aryl methyl sites for hydroxylation is 4. The Hall–Kier alpha value is -8.43. The molecule has 10 rings (SSSR count). The molecule has 0 aliphatic heterocycles. The van der Waals surface area contributed by atoms with Gasteiger partial charge in [-0.1, -0.05) is 91.3 Å². The maximum atomic E-state index is 12.6. The second-order valence-corrected chi connectivity index (χ2v) is 16.7. The summed E-state index contributed by atoms with van der Waals surface area (Å²) >= 11 is 5.88. The van der Waals surface area contributed by atoms with Gasteiger partial charge in [-0.3, -0.25) is 9.59 Å². The summed E-state index contributed by atoms with van der Waals surface area (Å²) in [4.78, 5) is 81.8. The number of halogens is 4. The molecule has 0 amide bonds. The summed E-state index contributed by atoms with van der Waals surface area (Å²) in [5.41, 5.74) is 1.61. The summed E-state index contributed by atoms with van der Waals surface area (Å²) in [6, 6.07) is 34.1. The largest absolute Gasteiger partial charge is 0.423 e. The van der Waals surface area contributed by atoms with Crippen molar-refractivity contribution in [2.45, 2.75) is 53.6 Å². The van der Waals surface area contributed by atoms with E-state index in [0.29, 0.717) is 40.2 Å². The number of hydrogen-bond acceptors (Lipinski definition) is 12. The van der Waals surface area contributed by atoms with Gasteiger partial charge in [0.25, 0.3) is 0 Å². The van der Waals surface area contributed by atoms with Crippen molar-refractivity contribution in [1.29, 1.82) is 0 Å². The Morgan fingerprint density at radius 3 is 1.56 bits per heavy atom. The zero-order valence-corrected chi connectivity index (χ0v) is 39.2. The van der Waals surface area contributed by atoms with Gasteiger partial charge in [-0.25, -0.2) is 24.0 Å². The molecule has 5 heterocycles. The SMILES string of the molecule is CCCC(=O)c1cc2ccc(C)cc2oc1=O.Cc1ccc2c(C(F)(F)F)cc(=O)oc2c1.Cc1ccc2c(c1)oc(=O)c1c(Cl)cc(=O)oc12.Cc1ccc2cc(C(=O)c3ccccc3)c(=O)oc2c1. The smallest absolute Gasteiger partial charge is 0.417 e. The fourth-order valence-electron chi connectivity index (χ4n) is 7.30. The summed E-state index contributed by atoms with van der Waals surface area (Å²) in [5.74, 6) is -0.467. The average Bonchev–Trinajstić information content (AvgIpc) is 3.30. The minimum atomic E-state index is -4.55. The maximum Gasteiger partial charge on any atom is 0.417 e. The fourth-order valence-corrected chi connectivity index (χ4v) is 7.55. The first kappa shape index (κ1) is 50.4. The summed E-state index contributed by atoms with van der Waals surface area (Å²) < 4.78 is 63.2. The topological polar surface area (TPSA) is 185 Å². The van der Waals surface area contributed by atoms with E-state index in [0.717, 1.165) is 45.5 Å². The number of hydrogen-bond donors (Lipinski definition) is 0. The molecule has 0 fully saturated rings. The van der Waals surface area contributed by atoms with Crippen LogP contribution >= 0.6 is 11.6 Å². The number of ketones is 2. The molecular weight excluding hydrogens is 945 g/mol. The highest BCUT2D eigenvalue weighted by Gasteiger charge is 2.33. The van der Waals surface area contributed by atoms with Gasteiger partial charge in [0, 0.05) is 40.3 Å². The second-order valence-electron chi connectivity index (χ2n) is 16.3. The van der Waals surface area contributed by atoms with Crippen LogP contribution in [0, 0.1) is 27.7 Å². The lowest BCUT2D eigenvalue weighted by molar-refractivity contribution is -0.136. The fraction of sp³-hybridized carbons (Fsp3) is 0.145. The zero-order valence-electron chi connectivity index (χ0n) is 38.4. The molecule has 16 heteroatoms. The minimum Gasteiger partial charge on any atom is -0.423 e. The average molecular weight is 985 g/mol. The van der Waals surface area contributed by atoms with E-state index in [1.54, 1.807) is 67.6 Å². The number of benzene rings is 5. The first-order valence-electron chi connectivity index (χ1n) is 21.7. The van der Waals surface area contributed by atoms with Crippen molar-refractivity contribution < 1.29 is 44.8 Å². The molecule has 71 heavy (non-hydrogen) atoms. The standard InChI is InChI=1S/C17H12O3.C14H14O3.C13H7ClO4.C11H7F3O2/c1-11-7-8-13-10-14(17(19)20-15(13)9-11)16(18)12-5-3-2-4-6-12;1-3-4-12(15)11-8-10-6-5-9(2)7-13(10)17-14(11)16;1-6-2-3-7-9(4-6)17-13(16)11-8(14)5-10(15)18-12(7)11;1-6-2-3-7-8(11(12,13)14)5-10(15)16-9(7)4-6/h2-10H,1H3;5-8H,3-4H2,1-2H3;2-5H,1H3;2-5H,1H3. The normalized spacial score (nSPS) is 11.1. The number of carbonyl (C=O) groups is 2. The quantitative estimate of drug-likeness (QED) is 0.0904. The first-order chi connectivity index (χ1) is 33.7. The van der Waals surface area contributed by atoms with Crippen molar-refractivity contribution in [3.05, 3.63) is 229 Å².